The number of rotatable bonds is 7. The van der Waals surface area contributed by atoms with Crippen LogP contribution < -0.4 is 11.1 Å². The number of nitrogens with one attached hydrogen (secondary N) is 1. The van der Waals surface area contributed by atoms with Gasteiger partial charge in [-0.2, -0.15) is 0 Å². The fourth-order valence-electron chi connectivity index (χ4n) is 0.698. The highest BCUT2D eigenvalue weighted by Gasteiger charge is 2.00. The maximum Gasteiger partial charge on any atom is 0.319 e. The third kappa shape index (κ3) is 7.51. The van der Waals surface area contributed by atoms with Gasteiger partial charge in [0.15, 0.2) is 0 Å². The Bertz CT molecular complexity index is 184. The largest absolute Gasteiger partial charge is 0.465 e. The van der Waals surface area contributed by atoms with Gasteiger partial charge in [-0.25, -0.2) is 0 Å². The maximum atomic E-state index is 10.8. The fraction of sp³-hybridized carbons (Fsp3) is 0.750. The zero-order chi connectivity index (χ0) is 10.8. The van der Waals surface area contributed by atoms with Crippen LogP contribution in [0.25, 0.3) is 0 Å². The SMILES string of the molecule is CCOC(=O)CNCCOC(=O)CN. The highest BCUT2D eigenvalue weighted by molar-refractivity contribution is 5.72. The van der Waals surface area contributed by atoms with Gasteiger partial charge in [0.2, 0.25) is 0 Å². The second-order valence-electron chi connectivity index (χ2n) is 2.41. The molecular formula is C8H16N2O4. The minimum atomic E-state index is -0.456. The van der Waals surface area contributed by atoms with E-state index in [2.05, 4.69) is 14.8 Å². The lowest BCUT2D eigenvalue weighted by atomic mass is 10.6. The van der Waals surface area contributed by atoms with E-state index in [0.29, 0.717) is 13.2 Å². The topological polar surface area (TPSA) is 90.6 Å². The van der Waals surface area contributed by atoms with Crippen molar-refractivity contribution in [2.75, 3.05) is 32.8 Å². The van der Waals surface area contributed by atoms with Crippen molar-refractivity contribution in [3.8, 4) is 0 Å². The molecule has 0 radical (unpaired) electrons. The number of hydrogen-bond acceptors (Lipinski definition) is 6. The van der Waals surface area contributed by atoms with Crippen LogP contribution in [0.1, 0.15) is 6.92 Å². The summed E-state index contributed by atoms with van der Waals surface area (Å²) in [5.41, 5.74) is 5.01. The summed E-state index contributed by atoms with van der Waals surface area (Å²) in [5, 5.41) is 2.76. The lowest BCUT2D eigenvalue weighted by Crippen LogP contribution is -2.29. The van der Waals surface area contributed by atoms with E-state index in [4.69, 9.17) is 5.73 Å². The number of esters is 2. The van der Waals surface area contributed by atoms with Crippen molar-refractivity contribution in [2.45, 2.75) is 6.92 Å². The Kier molecular flexibility index (Phi) is 7.77. The zero-order valence-electron chi connectivity index (χ0n) is 8.25. The number of carbonyl (C=O) groups is 2. The molecule has 6 heteroatoms. The Morgan fingerprint density at radius 3 is 2.57 bits per heavy atom. The van der Waals surface area contributed by atoms with Crippen LogP contribution in [0.2, 0.25) is 0 Å². The second kappa shape index (κ2) is 8.46. The van der Waals surface area contributed by atoms with Crippen LogP contribution in [-0.4, -0.2) is 44.8 Å². The van der Waals surface area contributed by atoms with E-state index in [1.807, 2.05) is 0 Å². The Labute approximate surface area is 82.7 Å². The number of ether oxygens (including phenoxy) is 2. The summed E-state index contributed by atoms with van der Waals surface area (Å²) in [7, 11) is 0. The third-order valence-electron chi connectivity index (χ3n) is 1.28. The average Bonchev–Trinajstić information content (AvgIpc) is 2.17. The van der Waals surface area contributed by atoms with Crippen LogP contribution in [0, 0.1) is 0 Å². The van der Waals surface area contributed by atoms with Gasteiger partial charge in [-0.3, -0.25) is 9.59 Å². The molecule has 0 saturated heterocycles. The highest BCUT2D eigenvalue weighted by atomic mass is 16.5. The summed E-state index contributed by atoms with van der Waals surface area (Å²) in [6, 6.07) is 0. The first kappa shape index (κ1) is 12.9. The summed E-state index contributed by atoms with van der Waals surface area (Å²) in [5.74, 6) is -0.777. The van der Waals surface area contributed by atoms with Gasteiger partial charge in [-0.05, 0) is 6.92 Å². The van der Waals surface area contributed by atoms with Gasteiger partial charge in [-0.1, -0.05) is 0 Å². The average molecular weight is 204 g/mol. The molecule has 0 amide bonds. The van der Waals surface area contributed by atoms with Crippen LogP contribution in [0.5, 0.6) is 0 Å². The molecule has 82 valence electrons. The molecule has 0 saturated carbocycles. The van der Waals surface area contributed by atoms with E-state index < -0.39 is 5.97 Å². The van der Waals surface area contributed by atoms with Crippen LogP contribution in [0.3, 0.4) is 0 Å². The lowest BCUT2D eigenvalue weighted by Gasteiger charge is -2.05. The first-order chi connectivity index (χ1) is 6.70. The normalized spacial score (nSPS) is 9.57. The van der Waals surface area contributed by atoms with Crippen molar-refractivity contribution in [1.82, 2.24) is 5.32 Å². The van der Waals surface area contributed by atoms with E-state index in [-0.39, 0.29) is 25.7 Å². The van der Waals surface area contributed by atoms with Crippen LogP contribution in [0.4, 0.5) is 0 Å². The minimum Gasteiger partial charge on any atom is -0.465 e. The van der Waals surface area contributed by atoms with Crippen LogP contribution in [-0.2, 0) is 19.1 Å². The van der Waals surface area contributed by atoms with Gasteiger partial charge in [0, 0.05) is 6.54 Å². The Balaban J connectivity index is 3.21. The fourth-order valence-corrected chi connectivity index (χ4v) is 0.698. The Morgan fingerprint density at radius 1 is 1.29 bits per heavy atom. The molecule has 0 heterocycles. The van der Waals surface area contributed by atoms with Gasteiger partial charge in [0.05, 0.1) is 19.7 Å². The van der Waals surface area contributed by atoms with E-state index in [1.54, 1.807) is 6.92 Å². The van der Waals surface area contributed by atoms with Gasteiger partial charge < -0.3 is 20.5 Å². The summed E-state index contributed by atoms with van der Waals surface area (Å²) in [4.78, 5) is 21.3. The first-order valence-electron chi connectivity index (χ1n) is 4.42. The van der Waals surface area contributed by atoms with E-state index >= 15 is 0 Å². The van der Waals surface area contributed by atoms with Crippen LogP contribution in [0.15, 0.2) is 0 Å². The van der Waals surface area contributed by atoms with Gasteiger partial charge >= 0.3 is 11.9 Å². The van der Waals surface area contributed by atoms with Crippen molar-refractivity contribution in [1.29, 1.82) is 0 Å². The molecule has 0 atom stereocenters. The molecular weight excluding hydrogens is 188 g/mol. The molecule has 0 rings (SSSR count). The Hall–Kier alpha value is -1.14. The smallest absolute Gasteiger partial charge is 0.319 e. The molecule has 0 aliphatic heterocycles. The van der Waals surface area contributed by atoms with Crippen molar-refractivity contribution in [3.05, 3.63) is 0 Å². The minimum absolute atomic E-state index is 0.119. The van der Waals surface area contributed by atoms with E-state index in [0.717, 1.165) is 0 Å². The van der Waals surface area contributed by atoms with Crippen molar-refractivity contribution >= 4 is 11.9 Å². The molecule has 0 spiro atoms. The molecule has 6 nitrogen and oxygen atoms in total. The summed E-state index contributed by atoms with van der Waals surface area (Å²) in [6.45, 7) is 2.70. The highest BCUT2D eigenvalue weighted by Crippen LogP contribution is 1.76. The van der Waals surface area contributed by atoms with Gasteiger partial charge in [0.25, 0.3) is 0 Å². The maximum absolute atomic E-state index is 10.8. The molecule has 0 unspecified atom stereocenters. The van der Waals surface area contributed by atoms with Gasteiger partial charge in [0.1, 0.15) is 6.61 Å². The molecule has 0 aromatic heterocycles. The number of carbonyl (C=O) groups excluding carboxylic acids is 2. The van der Waals surface area contributed by atoms with Gasteiger partial charge in [-0.15, -0.1) is 0 Å². The number of hydrogen-bond donors (Lipinski definition) is 2. The third-order valence-corrected chi connectivity index (χ3v) is 1.28. The summed E-state index contributed by atoms with van der Waals surface area (Å²) in [6.07, 6.45) is 0. The van der Waals surface area contributed by atoms with E-state index in [1.165, 1.54) is 0 Å². The van der Waals surface area contributed by atoms with Crippen LogP contribution >= 0.6 is 0 Å². The molecule has 0 bridgehead atoms. The predicted octanol–water partition coefficient (Wildman–Crippen LogP) is -1.36. The van der Waals surface area contributed by atoms with E-state index in [9.17, 15) is 9.59 Å². The quantitative estimate of drug-likeness (QED) is 0.393. The Morgan fingerprint density at radius 2 is 2.00 bits per heavy atom. The summed E-state index contributed by atoms with van der Waals surface area (Å²) < 4.78 is 9.32. The zero-order valence-corrected chi connectivity index (χ0v) is 8.25. The van der Waals surface area contributed by atoms with Crippen molar-refractivity contribution in [2.24, 2.45) is 5.73 Å². The second-order valence-corrected chi connectivity index (χ2v) is 2.41. The lowest BCUT2D eigenvalue weighted by molar-refractivity contribution is -0.142. The van der Waals surface area contributed by atoms with Crippen molar-refractivity contribution < 1.29 is 19.1 Å². The van der Waals surface area contributed by atoms with Crippen molar-refractivity contribution in [3.63, 3.8) is 0 Å². The molecule has 3 N–H and O–H groups in total. The molecule has 14 heavy (non-hydrogen) atoms. The molecule has 0 fully saturated rings. The monoisotopic (exact) mass is 204 g/mol. The first-order valence-corrected chi connectivity index (χ1v) is 4.42. The molecule has 0 aromatic carbocycles. The predicted molar refractivity (Wildman–Crippen MR) is 49.5 cm³/mol. The summed E-state index contributed by atoms with van der Waals surface area (Å²) >= 11 is 0. The molecule has 0 aliphatic rings. The standard InChI is InChI=1S/C8H16N2O4/c1-2-13-8(12)6-10-3-4-14-7(11)5-9/h10H,2-6,9H2,1H3. The number of nitrogens with two attached hydrogens (primary N) is 1. The molecule has 0 aromatic rings. The molecule has 0 aliphatic carbocycles.